The molecule has 2 aromatic rings. The fourth-order valence-electron chi connectivity index (χ4n) is 4.31. The quantitative estimate of drug-likeness (QED) is 0.771. The highest BCUT2D eigenvalue weighted by Crippen LogP contribution is 2.39. The number of aromatic hydroxyl groups is 1. The van der Waals surface area contributed by atoms with Crippen LogP contribution in [-0.4, -0.2) is 18.1 Å². The van der Waals surface area contributed by atoms with Crippen LogP contribution in [0.25, 0.3) is 0 Å². The van der Waals surface area contributed by atoms with Gasteiger partial charge in [-0.25, -0.2) is 0 Å². The highest BCUT2D eigenvalue weighted by Gasteiger charge is 2.25. The molecule has 1 aliphatic carbocycles. The van der Waals surface area contributed by atoms with Gasteiger partial charge in [-0.1, -0.05) is 32.0 Å². The summed E-state index contributed by atoms with van der Waals surface area (Å²) >= 11 is 0. The van der Waals surface area contributed by atoms with E-state index in [1.807, 2.05) is 12.1 Å². The Morgan fingerprint density at radius 3 is 2.56 bits per heavy atom. The third kappa shape index (κ3) is 5.03. The minimum absolute atomic E-state index is 0.0743. The molecule has 0 aromatic heterocycles. The Labute approximate surface area is 161 Å². The molecule has 4 nitrogen and oxygen atoms in total. The van der Waals surface area contributed by atoms with Crippen molar-refractivity contribution < 1.29 is 14.6 Å². The number of rotatable bonds is 5. The molecule has 0 spiro atoms. The summed E-state index contributed by atoms with van der Waals surface area (Å²) in [5.41, 5.74) is 2.96. The highest BCUT2D eigenvalue weighted by molar-refractivity contribution is 5.92. The molecule has 1 amide bonds. The molecule has 27 heavy (non-hydrogen) atoms. The second kappa shape index (κ2) is 8.47. The maximum Gasteiger partial charge on any atom is 0.228 e. The van der Waals surface area contributed by atoms with E-state index < -0.39 is 0 Å². The van der Waals surface area contributed by atoms with Crippen LogP contribution in [0.2, 0.25) is 0 Å². The molecular formula is C23H29NO3. The third-order valence-corrected chi connectivity index (χ3v) is 5.43. The van der Waals surface area contributed by atoms with Gasteiger partial charge in [0.2, 0.25) is 5.91 Å². The zero-order valence-corrected chi connectivity index (χ0v) is 16.4. The number of methoxy groups -OCH3 is 1. The molecule has 144 valence electrons. The smallest absolute Gasteiger partial charge is 0.228 e. The molecule has 0 bridgehead atoms. The molecule has 2 N–H and O–H groups in total. The van der Waals surface area contributed by atoms with E-state index in [2.05, 4.69) is 31.3 Å². The van der Waals surface area contributed by atoms with Crippen molar-refractivity contribution in [2.75, 3.05) is 12.4 Å². The van der Waals surface area contributed by atoms with Crippen LogP contribution in [0, 0.1) is 11.8 Å². The lowest BCUT2D eigenvalue weighted by molar-refractivity contribution is -0.115. The van der Waals surface area contributed by atoms with Crippen molar-refractivity contribution >= 4 is 11.6 Å². The zero-order valence-electron chi connectivity index (χ0n) is 16.4. The Morgan fingerprint density at radius 1 is 1.11 bits per heavy atom. The number of hydrogen-bond acceptors (Lipinski definition) is 3. The lowest BCUT2D eigenvalue weighted by Gasteiger charge is -2.32. The van der Waals surface area contributed by atoms with Gasteiger partial charge in [0.05, 0.1) is 13.5 Å². The molecule has 2 aromatic carbocycles. The maximum absolute atomic E-state index is 12.4. The molecule has 0 radical (unpaired) electrons. The van der Waals surface area contributed by atoms with Crippen LogP contribution in [0.3, 0.4) is 0 Å². The number of ether oxygens (including phenoxy) is 1. The van der Waals surface area contributed by atoms with E-state index in [0.717, 1.165) is 23.1 Å². The Bertz CT molecular complexity index is 792. The standard InChI is InChI=1S/C23H29NO3/c1-15-9-16(2)11-19(10-15)18-5-4-6-20(14-18)24-23(26)13-17-7-8-21(25)22(12-17)27-3/h4-8,12,14-16,19,25H,9-11,13H2,1-3H3,(H,24,26). The van der Waals surface area contributed by atoms with Gasteiger partial charge in [-0.2, -0.15) is 0 Å². The van der Waals surface area contributed by atoms with E-state index in [4.69, 9.17) is 4.74 Å². The molecule has 1 aliphatic rings. The van der Waals surface area contributed by atoms with Crippen LogP contribution >= 0.6 is 0 Å². The normalized spacial score (nSPS) is 22.3. The Balaban J connectivity index is 1.66. The van der Waals surface area contributed by atoms with Crippen molar-refractivity contribution in [3.05, 3.63) is 53.6 Å². The Kier molecular flexibility index (Phi) is 6.04. The van der Waals surface area contributed by atoms with Crippen LogP contribution in [0.5, 0.6) is 11.5 Å². The van der Waals surface area contributed by atoms with E-state index in [0.29, 0.717) is 11.7 Å². The lowest BCUT2D eigenvalue weighted by Crippen LogP contribution is -2.18. The molecule has 2 unspecified atom stereocenters. The summed E-state index contributed by atoms with van der Waals surface area (Å²) in [6.07, 6.45) is 3.98. The largest absolute Gasteiger partial charge is 0.504 e. The summed E-state index contributed by atoms with van der Waals surface area (Å²) in [4.78, 5) is 12.4. The first kappa shape index (κ1) is 19.3. The average molecular weight is 367 g/mol. The molecule has 3 rings (SSSR count). The SMILES string of the molecule is COc1cc(CC(=O)Nc2cccc(C3CC(C)CC(C)C3)c2)ccc1O. The van der Waals surface area contributed by atoms with Gasteiger partial charge in [0.15, 0.2) is 11.5 Å². The number of anilines is 1. The number of phenolic OH excluding ortho intramolecular Hbond substituents is 1. The van der Waals surface area contributed by atoms with Crippen molar-refractivity contribution in [1.29, 1.82) is 0 Å². The van der Waals surface area contributed by atoms with E-state index in [1.165, 1.54) is 31.9 Å². The van der Waals surface area contributed by atoms with E-state index in [-0.39, 0.29) is 18.1 Å². The monoisotopic (exact) mass is 367 g/mol. The zero-order chi connectivity index (χ0) is 19.4. The fraction of sp³-hybridized carbons (Fsp3) is 0.435. The molecule has 0 saturated heterocycles. The van der Waals surface area contributed by atoms with Crippen molar-refractivity contribution in [3.63, 3.8) is 0 Å². The molecular weight excluding hydrogens is 338 g/mol. The van der Waals surface area contributed by atoms with Gasteiger partial charge in [-0.15, -0.1) is 0 Å². The van der Waals surface area contributed by atoms with Gasteiger partial charge < -0.3 is 15.2 Å². The summed E-state index contributed by atoms with van der Waals surface area (Å²) < 4.78 is 5.10. The predicted octanol–water partition coefficient (Wildman–Crippen LogP) is 5.12. The van der Waals surface area contributed by atoms with Crippen LogP contribution < -0.4 is 10.1 Å². The number of phenols is 1. The molecule has 1 saturated carbocycles. The minimum atomic E-state index is -0.0785. The van der Waals surface area contributed by atoms with E-state index >= 15 is 0 Å². The van der Waals surface area contributed by atoms with E-state index in [1.54, 1.807) is 18.2 Å². The summed E-state index contributed by atoms with van der Waals surface area (Å²) in [6.45, 7) is 4.67. The third-order valence-electron chi connectivity index (χ3n) is 5.43. The Morgan fingerprint density at radius 2 is 1.85 bits per heavy atom. The van der Waals surface area contributed by atoms with Crippen molar-refractivity contribution in [3.8, 4) is 11.5 Å². The summed E-state index contributed by atoms with van der Waals surface area (Å²) in [5.74, 6) is 2.45. The average Bonchev–Trinajstić information content (AvgIpc) is 2.62. The molecule has 0 heterocycles. The van der Waals surface area contributed by atoms with Gasteiger partial charge in [-0.3, -0.25) is 4.79 Å². The second-order valence-corrected chi connectivity index (χ2v) is 7.97. The van der Waals surface area contributed by atoms with Crippen molar-refractivity contribution in [2.45, 2.75) is 45.4 Å². The predicted molar refractivity (Wildman–Crippen MR) is 108 cm³/mol. The lowest BCUT2D eigenvalue weighted by atomic mass is 9.74. The van der Waals surface area contributed by atoms with Crippen molar-refractivity contribution in [2.24, 2.45) is 11.8 Å². The van der Waals surface area contributed by atoms with Crippen LogP contribution in [0.15, 0.2) is 42.5 Å². The summed E-state index contributed by atoms with van der Waals surface area (Å²) in [5, 5.41) is 12.7. The number of hydrogen-bond donors (Lipinski definition) is 2. The molecule has 2 atom stereocenters. The number of carbonyl (C=O) groups is 1. The molecule has 0 aliphatic heterocycles. The number of nitrogens with one attached hydrogen (secondary N) is 1. The van der Waals surface area contributed by atoms with Crippen LogP contribution in [0.4, 0.5) is 5.69 Å². The summed E-state index contributed by atoms with van der Waals surface area (Å²) in [7, 11) is 1.50. The van der Waals surface area contributed by atoms with Gasteiger partial charge >= 0.3 is 0 Å². The maximum atomic E-state index is 12.4. The first-order valence-electron chi connectivity index (χ1n) is 9.70. The van der Waals surface area contributed by atoms with Gasteiger partial charge in [0, 0.05) is 5.69 Å². The highest BCUT2D eigenvalue weighted by atomic mass is 16.5. The Hall–Kier alpha value is -2.49. The van der Waals surface area contributed by atoms with Crippen molar-refractivity contribution in [1.82, 2.24) is 0 Å². The second-order valence-electron chi connectivity index (χ2n) is 7.97. The number of benzene rings is 2. The van der Waals surface area contributed by atoms with Gasteiger partial charge in [0.1, 0.15) is 0 Å². The minimum Gasteiger partial charge on any atom is -0.504 e. The van der Waals surface area contributed by atoms with Gasteiger partial charge in [0.25, 0.3) is 0 Å². The van der Waals surface area contributed by atoms with E-state index in [9.17, 15) is 9.90 Å². The topological polar surface area (TPSA) is 58.6 Å². The molecule has 1 fully saturated rings. The first-order chi connectivity index (χ1) is 12.9. The van der Waals surface area contributed by atoms with Crippen LogP contribution in [0.1, 0.15) is 50.2 Å². The first-order valence-corrected chi connectivity index (χ1v) is 9.70. The number of carbonyl (C=O) groups excluding carboxylic acids is 1. The number of amides is 1. The summed E-state index contributed by atoms with van der Waals surface area (Å²) in [6, 6.07) is 13.2. The fourth-order valence-corrected chi connectivity index (χ4v) is 4.31. The van der Waals surface area contributed by atoms with Gasteiger partial charge in [-0.05, 0) is 72.4 Å². The van der Waals surface area contributed by atoms with Crippen LogP contribution in [-0.2, 0) is 11.2 Å². The molecule has 4 heteroatoms.